The lowest BCUT2D eigenvalue weighted by molar-refractivity contribution is -0.119. The minimum absolute atomic E-state index is 0.0664. The third-order valence-corrected chi connectivity index (χ3v) is 3.12. The summed E-state index contributed by atoms with van der Waals surface area (Å²) in [4.78, 5) is 36.7. The number of carbonyl (C=O) groups is 1. The number of hydrogen-bond acceptors (Lipinski definition) is 3. The predicted octanol–water partition coefficient (Wildman–Crippen LogP) is 1.11. The Bertz CT molecular complexity index is 704. The number of aromatic amines is 1. The average molecular weight is 323 g/mol. The number of H-pyrrole nitrogens is 1. The maximum Gasteiger partial charge on any atom is 0.328 e. The molecule has 0 amide bonds. The van der Waals surface area contributed by atoms with Crippen LogP contribution in [-0.2, 0) is 17.8 Å². The van der Waals surface area contributed by atoms with Crippen LogP contribution in [0, 0.1) is 0 Å². The average Bonchev–Trinajstić information content (AvgIpc) is 2.37. The minimum atomic E-state index is -0.588. The fourth-order valence-electron chi connectivity index (χ4n) is 1.67. The summed E-state index contributed by atoms with van der Waals surface area (Å²) >= 11 is 3.02. The third-order valence-electron chi connectivity index (χ3n) is 2.56. The molecule has 5 nitrogen and oxygen atoms in total. The molecule has 0 aliphatic heterocycles. The molecular weight excluding hydrogens is 312 g/mol. The molecule has 0 atom stereocenters. The van der Waals surface area contributed by atoms with Crippen LogP contribution in [0.15, 0.2) is 50.6 Å². The van der Waals surface area contributed by atoms with Crippen molar-refractivity contribution in [2.45, 2.75) is 13.0 Å². The van der Waals surface area contributed by atoms with Crippen molar-refractivity contribution >= 4 is 21.7 Å². The maximum absolute atomic E-state index is 11.9. The number of hydrogen-bond donors (Lipinski definition) is 1. The number of carbonyl (C=O) groups excluding carboxylic acids is 1. The van der Waals surface area contributed by atoms with Crippen molar-refractivity contribution in [3.63, 3.8) is 0 Å². The molecule has 0 saturated carbocycles. The largest absolute Gasteiger partial charge is 0.328 e. The highest BCUT2D eigenvalue weighted by molar-refractivity contribution is 9.10. The minimum Gasteiger partial charge on any atom is -0.297 e. The molecule has 1 heterocycles. The molecule has 0 radical (unpaired) electrons. The molecule has 0 spiro atoms. The molecule has 1 aromatic heterocycles. The molecule has 1 N–H and O–H groups in total. The molecule has 98 valence electrons. The number of Topliss-reactive ketones (excluding diaryl/α,β-unsaturated/α-hetero) is 1. The van der Waals surface area contributed by atoms with E-state index in [4.69, 9.17) is 0 Å². The molecule has 0 saturated heterocycles. The van der Waals surface area contributed by atoms with E-state index < -0.39 is 11.2 Å². The molecule has 19 heavy (non-hydrogen) atoms. The lowest BCUT2D eigenvalue weighted by Gasteiger charge is -2.05. The molecule has 0 bridgehead atoms. The Morgan fingerprint density at radius 3 is 2.58 bits per heavy atom. The number of aromatic nitrogens is 2. The Labute approximate surface area is 117 Å². The van der Waals surface area contributed by atoms with Gasteiger partial charge in [-0.2, -0.15) is 0 Å². The topological polar surface area (TPSA) is 71.9 Å². The summed E-state index contributed by atoms with van der Waals surface area (Å²) < 4.78 is 1.40. The number of halogens is 1. The van der Waals surface area contributed by atoms with E-state index in [9.17, 15) is 14.4 Å². The quantitative estimate of drug-likeness (QED) is 0.916. The van der Waals surface area contributed by atoms with Crippen LogP contribution in [0.1, 0.15) is 5.56 Å². The second-order valence-corrected chi connectivity index (χ2v) is 4.92. The Hall–Kier alpha value is -1.95. The van der Waals surface area contributed by atoms with Gasteiger partial charge in [0.25, 0.3) is 5.56 Å². The molecule has 2 rings (SSSR count). The zero-order valence-electron chi connectivity index (χ0n) is 9.93. The van der Waals surface area contributed by atoms with Gasteiger partial charge in [-0.3, -0.25) is 19.1 Å². The number of benzene rings is 1. The summed E-state index contributed by atoms with van der Waals surface area (Å²) in [5, 5.41) is 0. The molecule has 0 fully saturated rings. The van der Waals surface area contributed by atoms with E-state index in [0.717, 1.165) is 5.56 Å². The van der Waals surface area contributed by atoms with Gasteiger partial charge in [-0.05, 0) is 21.5 Å². The van der Waals surface area contributed by atoms with Crippen molar-refractivity contribution < 1.29 is 4.79 Å². The van der Waals surface area contributed by atoms with Crippen molar-refractivity contribution in [3.8, 4) is 0 Å². The van der Waals surface area contributed by atoms with Crippen LogP contribution in [0.2, 0.25) is 0 Å². The number of ketones is 1. The van der Waals surface area contributed by atoms with Gasteiger partial charge in [0.05, 0.1) is 11.0 Å². The van der Waals surface area contributed by atoms with E-state index in [1.165, 1.54) is 10.8 Å². The van der Waals surface area contributed by atoms with Gasteiger partial charge in [-0.25, -0.2) is 4.79 Å². The first kappa shape index (κ1) is 13.5. The Kier molecular flexibility index (Phi) is 4.11. The molecule has 0 aliphatic rings. The van der Waals surface area contributed by atoms with Gasteiger partial charge in [0.1, 0.15) is 0 Å². The van der Waals surface area contributed by atoms with Gasteiger partial charge in [0.2, 0.25) is 0 Å². The second kappa shape index (κ2) is 5.79. The predicted molar refractivity (Wildman–Crippen MR) is 74.2 cm³/mol. The number of nitrogens with one attached hydrogen (secondary N) is 1. The Morgan fingerprint density at radius 2 is 1.89 bits per heavy atom. The zero-order chi connectivity index (χ0) is 13.8. The first-order chi connectivity index (χ1) is 9.06. The molecule has 0 unspecified atom stereocenters. The van der Waals surface area contributed by atoms with Gasteiger partial charge >= 0.3 is 5.69 Å². The standard InChI is InChI=1S/C13H11BrN2O3/c14-11-8-16(13(19)15-12(11)18)7-10(17)6-9-4-2-1-3-5-9/h1-5,8H,6-7H2,(H,15,18,19). The van der Waals surface area contributed by atoms with Crippen LogP contribution in [0.25, 0.3) is 0 Å². The zero-order valence-corrected chi connectivity index (χ0v) is 11.5. The van der Waals surface area contributed by atoms with Gasteiger partial charge in [0, 0.05) is 12.6 Å². The van der Waals surface area contributed by atoms with Gasteiger partial charge in [0.15, 0.2) is 5.78 Å². The van der Waals surface area contributed by atoms with Crippen molar-refractivity contribution in [3.05, 3.63) is 67.4 Å². The highest BCUT2D eigenvalue weighted by Gasteiger charge is 2.08. The van der Waals surface area contributed by atoms with Gasteiger partial charge in [-0.15, -0.1) is 0 Å². The van der Waals surface area contributed by atoms with Crippen LogP contribution in [0.5, 0.6) is 0 Å². The fourth-order valence-corrected chi connectivity index (χ4v) is 2.02. The van der Waals surface area contributed by atoms with E-state index in [1.54, 1.807) is 0 Å². The van der Waals surface area contributed by atoms with Crippen LogP contribution in [0.3, 0.4) is 0 Å². The smallest absolute Gasteiger partial charge is 0.297 e. The summed E-state index contributed by atoms with van der Waals surface area (Å²) in [6, 6.07) is 9.28. The van der Waals surface area contributed by atoms with Crippen LogP contribution < -0.4 is 11.2 Å². The second-order valence-electron chi connectivity index (χ2n) is 4.07. The van der Waals surface area contributed by atoms with E-state index in [-0.39, 0.29) is 23.2 Å². The van der Waals surface area contributed by atoms with Crippen LogP contribution >= 0.6 is 15.9 Å². The summed E-state index contributed by atoms with van der Waals surface area (Å²) in [6.45, 7) is -0.0664. The number of rotatable bonds is 4. The van der Waals surface area contributed by atoms with Crippen LogP contribution in [0.4, 0.5) is 0 Å². The highest BCUT2D eigenvalue weighted by Crippen LogP contribution is 2.02. The monoisotopic (exact) mass is 322 g/mol. The summed E-state index contributed by atoms with van der Waals surface area (Å²) in [6.07, 6.45) is 1.58. The van der Waals surface area contributed by atoms with E-state index >= 15 is 0 Å². The normalized spacial score (nSPS) is 10.4. The molecule has 2 aromatic rings. The molecule has 6 heteroatoms. The maximum atomic E-state index is 11.9. The van der Waals surface area contributed by atoms with Crippen molar-refractivity contribution in [1.82, 2.24) is 9.55 Å². The van der Waals surface area contributed by atoms with Crippen molar-refractivity contribution in [2.24, 2.45) is 0 Å². The number of nitrogens with zero attached hydrogens (tertiary/aromatic N) is 1. The van der Waals surface area contributed by atoms with E-state index in [0.29, 0.717) is 0 Å². The van der Waals surface area contributed by atoms with Crippen molar-refractivity contribution in [1.29, 1.82) is 0 Å². The van der Waals surface area contributed by atoms with Gasteiger partial charge in [-0.1, -0.05) is 30.3 Å². The van der Waals surface area contributed by atoms with Crippen LogP contribution in [-0.4, -0.2) is 15.3 Å². The summed E-state index contributed by atoms with van der Waals surface area (Å²) in [5.41, 5.74) is -0.199. The summed E-state index contributed by atoms with van der Waals surface area (Å²) in [7, 11) is 0. The lowest BCUT2D eigenvalue weighted by Crippen LogP contribution is -2.32. The summed E-state index contributed by atoms with van der Waals surface area (Å²) in [5.74, 6) is -0.104. The first-order valence-corrected chi connectivity index (χ1v) is 6.40. The lowest BCUT2D eigenvalue weighted by atomic mass is 10.1. The van der Waals surface area contributed by atoms with Gasteiger partial charge < -0.3 is 0 Å². The molecule has 1 aromatic carbocycles. The van der Waals surface area contributed by atoms with Crippen molar-refractivity contribution in [2.75, 3.05) is 0 Å². The Morgan fingerprint density at radius 1 is 1.21 bits per heavy atom. The third kappa shape index (κ3) is 3.51. The SMILES string of the molecule is O=C(Cc1ccccc1)Cn1cc(Br)c(=O)[nH]c1=O. The fraction of sp³-hybridized carbons (Fsp3) is 0.154. The van der Waals surface area contributed by atoms with E-state index in [1.807, 2.05) is 30.3 Å². The highest BCUT2D eigenvalue weighted by atomic mass is 79.9. The molecular formula is C13H11BrN2O3. The Balaban J connectivity index is 2.14. The van der Waals surface area contributed by atoms with E-state index in [2.05, 4.69) is 20.9 Å². The first-order valence-electron chi connectivity index (χ1n) is 5.61. The molecule has 0 aliphatic carbocycles.